The van der Waals surface area contributed by atoms with Crippen molar-refractivity contribution in [1.29, 1.82) is 0 Å². The number of aryl methyl sites for hydroxylation is 1. The third-order valence-corrected chi connectivity index (χ3v) is 6.00. The van der Waals surface area contributed by atoms with Crippen LogP contribution in [0, 0.1) is 6.92 Å². The molecule has 0 aromatic heterocycles. The third-order valence-electron chi connectivity index (χ3n) is 2.58. The van der Waals surface area contributed by atoms with Crippen molar-refractivity contribution in [3.8, 4) is 0 Å². The summed E-state index contributed by atoms with van der Waals surface area (Å²) in [6.07, 6.45) is 2.19. The maximum atomic E-state index is 12.0. The Morgan fingerprint density at radius 1 is 1.12 bits per heavy atom. The molecule has 0 bridgehead atoms. The Balaban J connectivity index is 2.14. The van der Waals surface area contributed by atoms with Crippen LogP contribution < -0.4 is 0 Å². The van der Waals surface area contributed by atoms with E-state index in [1.165, 1.54) is 0 Å². The van der Waals surface area contributed by atoms with Crippen molar-refractivity contribution in [2.45, 2.75) is 24.7 Å². The van der Waals surface area contributed by atoms with E-state index in [0.29, 0.717) is 4.90 Å². The fourth-order valence-corrected chi connectivity index (χ4v) is 4.76. The van der Waals surface area contributed by atoms with E-state index in [2.05, 4.69) is 0 Å². The van der Waals surface area contributed by atoms with Crippen LogP contribution >= 0.6 is 11.0 Å². The van der Waals surface area contributed by atoms with E-state index in [9.17, 15) is 8.42 Å². The second-order valence-corrected chi connectivity index (χ2v) is 7.79. The average molecular weight is 257 g/mol. The summed E-state index contributed by atoms with van der Waals surface area (Å²) < 4.78 is 26.0. The van der Waals surface area contributed by atoms with Crippen LogP contribution in [-0.4, -0.2) is 25.8 Å². The highest BCUT2D eigenvalue weighted by atomic mass is 33.1. The van der Waals surface area contributed by atoms with E-state index in [-0.39, 0.29) is 0 Å². The molecule has 1 aromatic carbocycles. The normalized spacial score (nSPS) is 17.8. The zero-order chi connectivity index (χ0) is 11.6. The summed E-state index contributed by atoms with van der Waals surface area (Å²) in [4.78, 5) is 0.398. The van der Waals surface area contributed by atoms with Crippen LogP contribution in [0.4, 0.5) is 0 Å². The van der Waals surface area contributed by atoms with E-state index in [4.69, 9.17) is 0 Å². The molecule has 0 saturated carbocycles. The summed E-state index contributed by atoms with van der Waals surface area (Å²) in [5, 5.41) is 0. The van der Waals surface area contributed by atoms with Gasteiger partial charge in [-0.2, -0.15) is 0 Å². The van der Waals surface area contributed by atoms with Gasteiger partial charge in [0.2, 0.25) is 8.87 Å². The fraction of sp³-hybridized carbons (Fsp3) is 0.455. The molecule has 0 spiro atoms. The second kappa shape index (κ2) is 4.77. The minimum atomic E-state index is -3.22. The van der Waals surface area contributed by atoms with Crippen LogP contribution in [-0.2, 0) is 8.87 Å². The van der Waals surface area contributed by atoms with Crippen molar-refractivity contribution < 1.29 is 8.42 Å². The van der Waals surface area contributed by atoms with Crippen LogP contribution in [0.2, 0.25) is 0 Å². The Morgan fingerprint density at radius 2 is 1.69 bits per heavy atom. The molecule has 5 heteroatoms. The van der Waals surface area contributed by atoms with Gasteiger partial charge in [-0.25, -0.2) is 12.7 Å². The zero-order valence-corrected chi connectivity index (χ0v) is 10.9. The van der Waals surface area contributed by atoms with Crippen LogP contribution in [0.25, 0.3) is 0 Å². The largest absolute Gasteiger partial charge is 0.244 e. The van der Waals surface area contributed by atoms with Crippen molar-refractivity contribution in [2.24, 2.45) is 0 Å². The number of hydrogen-bond acceptors (Lipinski definition) is 4. The van der Waals surface area contributed by atoms with Gasteiger partial charge in [0.05, 0.1) is 15.9 Å². The Morgan fingerprint density at radius 3 is 2.25 bits per heavy atom. The quantitative estimate of drug-likeness (QED) is 0.615. The van der Waals surface area contributed by atoms with E-state index < -0.39 is 8.87 Å². The predicted molar refractivity (Wildman–Crippen MR) is 66.8 cm³/mol. The van der Waals surface area contributed by atoms with Crippen molar-refractivity contribution in [3.05, 3.63) is 29.8 Å². The maximum absolute atomic E-state index is 12.0. The lowest BCUT2D eigenvalue weighted by atomic mass is 10.2. The van der Waals surface area contributed by atoms with Crippen LogP contribution in [0.3, 0.4) is 0 Å². The van der Waals surface area contributed by atoms with Gasteiger partial charge in [-0.3, -0.25) is 0 Å². The lowest BCUT2D eigenvalue weighted by Crippen LogP contribution is -2.13. The number of rotatable bonds is 3. The Hall–Kier alpha value is -0.520. The van der Waals surface area contributed by atoms with Crippen molar-refractivity contribution in [2.75, 3.05) is 13.1 Å². The van der Waals surface area contributed by atoms with Gasteiger partial charge in [0.1, 0.15) is 0 Å². The number of benzene rings is 1. The molecule has 0 aliphatic carbocycles. The molecule has 1 saturated heterocycles. The lowest BCUT2D eigenvalue weighted by Gasteiger charge is -2.12. The summed E-state index contributed by atoms with van der Waals surface area (Å²) in [7, 11) is -2.24. The zero-order valence-electron chi connectivity index (χ0n) is 9.22. The number of nitrogens with zero attached hydrogens (tertiary/aromatic N) is 1. The van der Waals surface area contributed by atoms with E-state index in [1.54, 1.807) is 12.1 Å². The van der Waals surface area contributed by atoms with Crippen LogP contribution in [0.5, 0.6) is 0 Å². The molecule has 1 aliphatic rings. The van der Waals surface area contributed by atoms with Crippen molar-refractivity contribution >= 4 is 19.8 Å². The van der Waals surface area contributed by atoms with Crippen LogP contribution in [0.15, 0.2) is 29.2 Å². The topological polar surface area (TPSA) is 37.4 Å². The highest BCUT2D eigenvalue weighted by molar-refractivity contribution is 8.71. The minimum absolute atomic E-state index is 0.398. The smallest absolute Gasteiger partial charge is 0.237 e. The average Bonchev–Trinajstić information content (AvgIpc) is 2.70. The predicted octanol–water partition coefficient (Wildman–Crippen LogP) is 2.43. The lowest BCUT2D eigenvalue weighted by molar-refractivity contribution is 0.582. The van der Waals surface area contributed by atoms with Crippen molar-refractivity contribution in [3.63, 3.8) is 0 Å². The first-order valence-electron chi connectivity index (χ1n) is 5.34. The molecule has 3 nitrogen and oxygen atoms in total. The minimum Gasteiger partial charge on any atom is -0.237 e. The van der Waals surface area contributed by atoms with Gasteiger partial charge in [-0.15, -0.1) is 0 Å². The molecule has 0 N–H and O–H groups in total. The molecule has 0 amide bonds. The fourth-order valence-electron chi connectivity index (χ4n) is 1.65. The highest BCUT2D eigenvalue weighted by Crippen LogP contribution is 2.29. The molecule has 2 rings (SSSR count). The second-order valence-electron chi connectivity index (χ2n) is 3.98. The first-order chi connectivity index (χ1) is 7.58. The van der Waals surface area contributed by atoms with E-state index in [0.717, 1.165) is 42.5 Å². The SMILES string of the molecule is Cc1ccc(S(=O)(=O)SN2CCCC2)cc1. The Labute approximate surface area is 100 Å². The molecule has 0 unspecified atom stereocenters. The molecule has 16 heavy (non-hydrogen) atoms. The first kappa shape index (κ1) is 12.0. The monoisotopic (exact) mass is 257 g/mol. The summed E-state index contributed by atoms with van der Waals surface area (Å²) >= 11 is 0. The molecule has 1 aromatic rings. The van der Waals surface area contributed by atoms with Gasteiger partial charge >= 0.3 is 0 Å². The van der Waals surface area contributed by atoms with E-state index >= 15 is 0 Å². The van der Waals surface area contributed by atoms with Crippen LogP contribution in [0.1, 0.15) is 18.4 Å². The Kier molecular flexibility index (Phi) is 3.56. The standard InChI is InChI=1S/C11H15NO2S2/c1-10-4-6-11(7-5-10)16(13,14)15-12-8-2-3-9-12/h4-7H,2-3,8-9H2,1H3. The molecular formula is C11H15NO2S2. The van der Waals surface area contributed by atoms with Gasteiger partial charge < -0.3 is 0 Å². The molecule has 0 radical (unpaired) electrons. The van der Waals surface area contributed by atoms with E-state index in [1.807, 2.05) is 23.4 Å². The first-order valence-corrected chi connectivity index (χ1v) is 8.11. The summed E-state index contributed by atoms with van der Waals surface area (Å²) in [6, 6.07) is 7.01. The van der Waals surface area contributed by atoms with Gasteiger partial charge in [0.15, 0.2) is 0 Å². The van der Waals surface area contributed by atoms with Gasteiger partial charge in [-0.05, 0) is 31.9 Å². The molecular weight excluding hydrogens is 242 g/mol. The van der Waals surface area contributed by atoms with Gasteiger partial charge in [0.25, 0.3) is 0 Å². The molecule has 1 heterocycles. The molecule has 1 aliphatic heterocycles. The summed E-state index contributed by atoms with van der Waals surface area (Å²) in [5.74, 6) is 0. The van der Waals surface area contributed by atoms with Crippen molar-refractivity contribution in [1.82, 2.24) is 4.31 Å². The molecule has 0 atom stereocenters. The summed E-state index contributed by atoms with van der Waals surface area (Å²) in [6.45, 7) is 3.69. The maximum Gasteiger partial charge on any atom is 0.244 e. The molecule has 1 fully saturated rings. The Bertz CT molecular complexity index is 447. The summed E-state index contributed by atoms with van der Waals surface area (Å²) in [5.41, 5.74) is 1.07. The highest BCUT2D eigenvalue weighted by Gasteiger charge is 2.22. The third kappa shape index (κ3) is 2.78. The molecule has 88 valence electrons. The van der Waals surface area contributed by atoms with Gasteiger partial charge in [0, 0.05) is 13.1 Å². The van der Waals surface area contributed by atoms with Gasteiger partial charge in [-0.1, -0.05) is 17.7 Å². The number of hydrogen-bond donors (Lipinski definition) is 0.